The lowest BCUT2D eigenvalue weighted by Gasteiger charge is -2.22. The number of nitrogens with one attached hydrogen (secondary N) is 2. The van der Waals surface area contributed by atoms with Gasteiger partial charge < -0.3 is 19.8 Å². The average Bonchev–Trinajstić information content (AvgIpc) is 2.92. The fraction of sp³-hybridized carbons (Fsp3) is 0.444. The molecule has 0 saturated carbocycles. The molecule has 24 heavy (non-hydrogen) atoms. The summed E-state index contributed by atoms with van der Waals surface area (Å²) in [7, 11) is 1.30. The van der Waals surface area contributed by atoms with Crippen LogP contribution in [0, 0.1) is 0 Å². The number of aryl methyl sites for hydroxylation is 1. The second-order valence-electron chi connectivity index (χ2n) is 6.62. The fourth-order valence-electron chi connectivity index (χ4n) is 2.48. The van der Waals surface area contributed by atoms with Crippen LogP contribution in [-0.4, -0.2) is 35.8 Å². The molecule has 0 unspecified atom stereocenters. The van der Waals surface area contributed by atoms with E-state index in [1.807, 2.05) is 30.5 Å². The number of ether oxygens (including phenoxy) is 2. The average molecular weight is 332 g/mol. The van der Waals surface area contributed by atoms with E-state index in [1.54, 1.807) is 20.8 Å². The Bertz CT molecular complexity index is 715. The molecular formula is C18H24N2O4. The van der Waals surface area contributed by atoms with Gasteiger partial charge in [-0.3, -0.25) is 0 Å². The highest BCUT2D eigenvalue weighted by Gasteiger charge is 2.25. The van der Waals surface area contributed by atoms with Gasteiger partial charge in [0.25, 0.3) is 0 Å². The highest BCUT2D eigenvalue weighted by Crippen LogP contribution is 2.19. The molecule has 0 fully saturated rings. The number of rotatable bonds is 5. The van der Waals surface area contributed by atoms with Crippen molar-refractivity contribution in [2.45, 2.75) is 45.3 Å². The maximum Gasteiger partial charge on any atom is 0.408 e. The number of H-pyrrole nitrogens is 1. The molecule has 6 nitrogen and oxygen atoms in total. The summed E-state index contributed by atoms with van der Waals surface area (Å²) in [4.78, 5) is 27.1. The largest absolute Gasteiger partial charge is 0.467 e. The van der Waals surface area contributed by atoms with Crippen molar-refractivity contribution in [3.8, 4) is 0 Å². The minimum absolute atomic E-state index is 0.424. The summed E-state index contributed by atoms with van der Waals surface area (Å²) >= 11 is 0. The zero-order valence-electron chi connectivity index (χ0n) is 14.5. The number of methoxy groups -OCH3 is 1. The van der Waals surface area contributed by atoms with Crippen molar-refractivity contribution in [1.29, 1.82) is 0 Å². The van der Waals surface area contributed by atoms with Crippen molar-refractivity contribution in [2.24, 2.45) is 0 Å². The molecule has 6 heteroatoms. The lowest BCUT2D eigenvalue weighted by Crippen LogP contribution is -2.44. The maximum absolute atomic E-state index is 11.9. The lowest BCUT2D eigenvalue weighted by molar-refractivity contribution is -0.143. The van der Waals surface area contributed by atoms with Gasteiger partial charge in [0.05, 0.1) is 7.11 Å². The van der Waals surface area contributed by atoms with Crippen LogP contribution in [0.4, 0.5) is 4.79 Å². The van der Waals surface area contributed by atoms with Crippen LogP contribution in [0.15, 0.2) is 30.5 Å². The number of alkyl carbamates (subject to hydrolysis) is 1. The van der Waals surface area contributed by atoms with Crippen molar-refractivity contribution in [3.05, 3.63) is 36.0 Å². The number of aromatic amines is 1. The van der Waals surface area contributed by atoms with Crippen molar-refractivity contribution in [2.75, 3.05) is 7.11 Å². The second kappa shape index (κ2) is 7.38. The fourth-order valence-corrected chi connectivity index (χ4v) is 2.48. The van der Waals surface area contributed by atoms with Crippen molar-refractivity contribution in [3.63, 3.8) is 0 Å². The molecule has 1 aromatic carbocycles. The molecule has 0 bridgehead atoms. The van der Waals surface area contributed by atoms with E-state index in [0.717, 1.165) is 16.5 Å². The highest BCUT2D eigenvalue weighted by atomic mass is 16.6. The monoisotopic (exact) mass is 332 g/mol. The number of hydrogen-bond acceptors (Lipinski definition) is 4. The molecule has 0 aliphatic rings. The van der Waals surface area contributed by atoms with Crippen molar-refractivity contribution >= 4 is 23.0 Å². The predicted molar refractivity (Wildman–Crippen MR) is 91.8 cm³/mol. The topological polar surface area (TPSA) is 80.4 Å². The molecule has 0 aliphatic heterocycles. The summed E-state index contributed by atoms with van der Waals surface area (Å²) in [6.45, 7) is 5.31. The molecule has 1 atom stereocenters. The van der Waals surface area contributed by atoms with Gasteiger partial charge in [-0.1, -0.05) is 18.2 Å². The van der Waals surface area contributed by atoms with Crippen LogP contribution in [-0.2, 0) is 20.7 Å². The van der Waals surface area contributed by atoms with Crippen molar-refractivity contribution in [1.82, 2.24) is 10.3 Å². The molecule has 130 valence electrons. The van der Waals surface area contributed by atoms with Gasteiger partial charge in [-0.15, -0.1) is 0 Å². The summed E-state index contributed by atoms with van der Waals surface area (Å²) in [5.74, 6) is -0.485. The van der Waals surface area contributed by atoms with Gasteiger partial charge in [0.2, 0.25) is 0 Å². The third-order valence-corrected chi connectivity index (χ3v) is 3.55. The minimum atomic E-state index is -0.751. The van der Waals surface area contributed by atoms with E-state index in [-0.39, 0.29) is 0 Å². The molecule has 1 heterocycles. The first-order valence-corrected chi connectivity index (χ1v) is 7.92. The van der Waals surface area contributed by atoms with Crippen LogP contribution >= 0.6 is 0 Å². The van der Waals surface area contributed by atoms with E-state index in [0.29, 0.717) is 12.8 Å². The zero-order valence-corrected chi connectivity index (χ0v) is 14.5. The van der Waals surface area contributed by atoms with E-state index in [4.69, 9.17) is 9.47 Å². The van der Waals surface area contributed by atoms with Crippen molar-refractivity contribution < 1.29 is 19.1 Å². The van der Waals surface area contributed by atoms with Gasteiger partial charge in [-0.05, 0) is 45.2 Å². The molecule has 2 rings (SSSR count). The Morgan fingerprint density at radius 2 is 1.96 bits per heavy atom. The maximum atomic E-state index is 11.9. The number of carbonyl (C=O) groups excluding carboxylic acids is 2. The number of carbonyl (C=O) groups is 2. The molecule has 2 aromatic rings. The number of para-hydroxylation sites is 1. The normalized spacial score (nSPS) is 12.7. The van der Waals surface area contributed by atoms with Crippen LogP contribution in [0.1, 0.15) is 32.8 Å². The summed E-state index contributed by atoms with van der Waals surface area (Å²) in [5, 5.41) is 3.70. The lowest BCUT2D eigenvalue weighted by atomic mass is 10.0. The summed E-state index contributed by atoms with van der Waals surface area (Å²) in [6.07, 6.45) is 2.34. The second-order valence-corrected chi connectivity index (χ2v) is 6.62. The molecule has 0 saturated heterocycles. The Kier molecular flexibility index (Phi) is 5.49. The smallest absolute Gasteiger partial charge is 0.408 e. The SMILES string of the molecule is COC(=O)[C@@H](CCc1c[nH]c2ccccc12)NC(=O)OC(C)(C)C. The van der Waals surface area contributed by atoms with Crippen LogP contribution in [0.5, 0.6) is 0 Å². The molecule has 0 radical (unpaired) electrons. The first-order chi connectivity index (χ1) is 11.3. The van der Waals surface area contributed by atoms with Gasteiger partial charge in [0, 0.05) is 17.1 Å². The highest BCUT2D eigenvalue weighted by molar-refractivity contribution is 5.84. The first-order valence-electron chi connectivity index (χ1n) is 7.92. The number of aromatic nitrogens is 1. The molecular weight excluding hydrogens is 308 g/mol. The number of benzene rings is 1. The predicted octanol–water partition coefficient (Wildman–Crippen LogP) is 3.17. The third-order valence-electron chi connectivity index (χ3n) is 3.55. The third kappa shape index (κ3) is 4.75. The van der Waals surface area contributed by atoms with E-state index < -0.39 is 23.7 Å². The number of amides is 1. The summed E-state index contributed by atoms with van der Waals surface area (Å²) in [6, 6.07) is 7.20. The van der Waals surface area contributed by atoms with Gasteiger partial charge >= 0.3 is 12.1 Å². The van der Waals surface area contributed by atoms with Gasteiger partial charge in [0.15, 0.2) is 0 Å². The van der Waals surface area contributed by atoms with Gasteiger partial charge in [0.1, 0.15) is 11.6 Å². The minimum Gasteiger partial charge on any atom is -0.467 e. The molecule has 1 aromatic heterocycles. The number of fused-ring (bicyclic) bond motifs is 1. The molecule has 2 N–H and O–H groups in total. The summed E-state index contributed by atoms with van der Waals surface area (Å²) < 4.78 is 9.99. The standard InChI is InChI=1S/C18H24N2O4/c1-18(2,3)24-17(22)20-15(16(21)23-4)10-9-12-11-19-14-8-6-5-7-13(12)14/h5-8,11,15,19H,9-10H2,1-4H3,(H,20,22)/t15-/m1/s1. The Morgan fingerprint density at radius 1 is 1.25 bits per heavy atom. The van der Waals surface area contributed by atoms with E-state index in [2.05, 4.69) is 10.3 Å². The summed E-state index contributed by atoms with van der Waals surface area (Å²) in [5.41, 5.74) is 1.51. The van der Waals surface area contributed by atoms with Crippen LogP contribution < -0.4 is 5.32 Å². The van der Waals surface area contributed by atoms with Crippen LogP contribution in [0.2, 0.25) is 0 Å². The molecule has 1 amide bonds. The van der Waals surface area contributed by atoms with Crippen LogP contribution in [0.3, 0.4) is 0 Å². The Labute approximate surface area is 141 Å². The zero-order chi connectivity index (χ0) is 17.7. The van der Waals surface area contributed by atoms with E-state index in [9.17, 15) is 9.59 Å². The van der Waals surface area contributed by atoms with Gasteiger partial charge in [-0.25, -0.2) is 9.59 Å². The number of esters is 1. The van der Waals surface area contributed by atoms with Crippen LogP contribution in [0.25, 0.3) is 10.9 Å². The first kappa shape index (κ1) is 17.8. The molecule has 0 spiro atoms. The Morgan fingerprint density at radius 3 is 2.62 bits per heavy atom. The molecule has 0 aliphatic carbocycles. The van der Waals surface area contributed by atoms with E-state index in [1.165, 1.54) is 7.11 Å². The quantitative estimate of drug-likeness (QED) is 0.824. The van der Waals surface area contributed by atoms with E-state index >= 15 is 0 Å². The Balaban J connectivity index is 2.04. The Hall–Kier alpha value is -2.50. The van der Waals surface area contributed by atoms with Gasteiger partial charge in [-0.2, -0.15) is 0 Å². The number of hydrogen-bond donors (Lipinski definition) is 2.